The highest BCUT2D eigenvalue weighted by molar-refractivity contribution is 4.99. The molecule has 3 nitrogen and oxygen atoms in total. The minimum Gasteiger partial charge on any atom is -0.335 e. The molecule has 4 heteroatoms. The minimum atomic E-state index is -1.30. The number of imidazole rings is 1. The first kappa shape index (κ1) is 12.2. The Morgan fingerprint density at radius 2 is 2.27 bits per heavy atom. The summed E-state index contributed by atoms with van der Waals surface area (Å²) in [5.74, 6) is 0.791. The lowest BCUT2D eigenvalue weighted by atomic mass is 9.96. The highest BCUT2D eigenvalue weighted by atomic mass is 19.1. The van der Waals surface area contributed by atoms with Crippen molar-refractivity contribution in [3.8, 4) is 0 Å². The molecule has 0 saturated heterocycles. The number of aromatic nitrogens is 2. The van der Waals surface area contributed by atoms with Gasteiger partial charge >= 0.3 is 0 Å². The van der Waals surface area contributed by atoms with Gasteiger partial charge in [-0.05, 0) is 13.3 Å². The second-order valence-corrected chi connectivity index (χ2v) is 3.91. The number of halogens is 1. The lowest BCUT2D eigenvalue weighted by Gasteiger charge is -2.22. The Morgan fingerprint density at radius 1 is 1.53 bits per heavy atom. The number of nitrogens with zero attached hydrogens (tertiary/aromatic N) is 2. The van der Waals surface area contributed by atoms with E-state index in [1.54, 1.807) is 6.20 Å². The van der Waals surface area contributed by atoms with E-state index in [0.717, 1.165) is 18.8 Å². The maximum Gasteiger partial charge on any atom is 0.130 e. The van der Waals surface area contributed by atoms with Gasteiger partial charge in [-0.3, -0.25) is 0 Å². The molecule has 0 aliphatic carbocycles. The van der Waals surface area contributed by atoms with E-state index in [0.29, 0.717) is 12.8 Å². The highest BCUT2D eigenvalue weighted by Gasteiger charge is 2.28. The van der Waals surface area contributed by atoms with Crippen LogP contribution in [0.1, 0.15) is 32.5 Å². The molecule has 0 bridgehead atoms. The smallest absolute Gasteiger partial charge is 0.130 e. The molecule has 0 spiro atoms. The molecule has 1 aromatic rings. The van der Waals surface area contributed by atoms with Gasteiger partial charge in [0.2, 0.25) is 0 Å². The molecule has 0 radical (unpaired) electrons. The molecular formula is C11H20FN3. The van der Waals surface area contributed by atoms with Crippen molar-refractivity contribution >= 4 is 0 Å². The van der Waals surface area contributed by atoms with Crippen LogP contribution in [0.4, 0.5) is 4.39 Å². The van der Waals surface area contributed by atoms with Gasteiger partial charge in [0.05, 0.1) is 0 Å². The van der Waals surface area contributed by atoms with Crippen molar-refractivity contribution in [3.63, 3.8) is 0 Å². The first-order chi connectivity index (χ1) is 7.15. The molecule has 2 N–H and O–H groups in total. The molecule has 0 amide bonds. The van der Waals surface area contributed by atoms with E-state index in [2.05, 4.69) is 4.98 Å². The van der Waals surface area contributed by atoms with E-state index in [1.165, 1.54) is 0 Å². The van der Waals surface area contributed by atoms with E-state index >= 15 is 0 Å². The van der Waals surface area contributed by atoms with Gasteiger partial charge in [0.25, 0.3) is 0 Å². The predicted octanol–water partition coefficient (Wildman–Crippen LogP) is 1.91. The van der Waals surface area contributed by atoms with Crippen molar-refractivity contribution in [1.29, 1.82) is 0 Å². The second-order valence-electron chi connectivity index (χ2n) is 3.91. The zero-order valence-electron chi connectivity index (χ0n) is 9.54. The van der Waals surface area contributed by atoms with Crippen LogP contribution in [0.15, 0.2) is 12.4 Å². The van der Waals surface area contributed by atoms with E-state index in [4.69, 9.17) is 5.73 Å². The SMILES string of the molecule is CCCC(F)(CN)Cc1nccn1CC. The molecule has 15 heavy (non-hydrogen) atoms. The molecule has 0 aliphatic heterocycles. The van der Waals surface area contributed by atoms with E-state index in [-0.39, 0.29) is 6.54 Å². The fraction of sp³-hybridized carbons (Fsp3) is 0.727. The summed E-state index contributed by atoms with van der Waals surface area (Å²) >= 11 is 0. The topological polar surface area (TPSA) is 43.8 Å². The number of hydrogen-bond acceptors (Lipinski definition) is 2. The fourth-order valence-corrected chi connectivity index (χ4v) is 1.79. The van der Waals surface area contributed by atoms with Crippen molar-refractivity contribution in [3.05, 3.63) is 18.2 Å². The number of alkyl halides is 1. The molecule has 86 valence electrons. The average molecular weight is 213 g/mol. The van der Waals surface area contributed by atoms with Crippen LogP contribution in [0.2, 0.25) is 0 Å². The van der Waals surface area contributed by atoms with Gasteiger partial charge in [-0.1, -0.05) is 13.3 Å². The summed E-state index contributed by atoms with van der Waals surface area (Å²) in [5.41, 5.74) is 4.19. The summed E-state index contributed by atoms with van der Waals surface area (Å²) in [6.45, 7) is 4.88. The Balaban J connectivity index is 2.74. The van der Waals surface area contributed by atoms with Crippen LogP contribution in [0.5, 0.6) is 0 Å². The molecular weight excluding hydrogens is 193 g/mol. The lowest BCUT2D eigenvalue weighted by Crippen LogP contribution is -2.36. The van der Waals surface area contributed by atoms with Gasteiger partial charge in [-0.15, -0.1) is 0 Å². The quantitative estimate of drug-likeness (QED) is 0.784. The van der Waals surface area contributed by atoms with Crippen LogP contribution in [-0.4, -0.2) is 21.8 Å². The van der Waals surface area contributed by atoms with Crippen LogP contribution >= 0.6 is 0 Å². The minimum absolute atomic E-state index is 0.0669. The van der Waals surface area contributed by atoms with E-state index in [1.807, 2.05) is 24.6 Å². The van der Waals surface area contributed by atoms with Gasteiger partial charge in [-0.25, -0.2) is 9.37 Å². The zero-order valence-corrected chi connectivity index (χ0v) is 9.54. The maximum absolute atomic E-state index is 14.2. The van der Waals surface area contributed by atoms with E-state index in [9.17, 15) is 4.39 Å². The summed E-state index contributed by atoms with van der Waals surface area (Å²) in [5, 5.41) is 0. The lowest BCUT2D eigenvalue weighted by molar-refractivity contribution is 0.154. The van der Waals surface area contributed by atoms with Crippen LogP contribution < -0.4 is 5.73 Å². The third kappa shape index (κ3) is 3.02. The van der Waals surface area contributed by atoms with Gasteiger partial charge in [-0.2, -0.15) is 0 Å². The largest absolute Gasteiger partial charge is 0.335 e. The van der Waals surface area contributed by atoms with Gasteiger partial charge in [0, 0.05) is 31.9 Å². The van der Waals surface area contributed by atoms with Crippen molar-refractivity contribution in [1.82, 2.24) is 9.55 Å². The Hall–Kier alpha value is -0.900. The van der Waals surface area contributed by atoms with Crippen LogP contribution in [-0.2, 0) is 13.0 Å². The molecule has 1 heterocycles. The van der Waals surface area contributed by atoms with Crippen LogP contribution in [0.3, 0.4) is 0 Å². The summed E-state index contributed by atoms with van der Waals surface area (Å²) < 4.78 is 16.2. The van der Waals surface area contributed by atoms with Crippen molar-refractivity contribution < 1.29 is 4.39 Å². The summed E-state index contributed by atoms with van der Waals surface area (Å²) in [4.78, 5) is 4.17. The molecule has 1 aromatic heterocycles. The Kier molecular flexibility index (Phi) is 4.27. The van der Waals surface area contributed by atoms with Gasteiger partial charge in [0.1, 0.15) is 11.5 Å². The molecule has 1 rings (SSSR count). The number of nitrogens with two attached hydrogens (primary N) is 1. The van der Waals surface area contributed by atoms with Crippen molar-refractivity contribution in [2.24, 2.45) is 5.73 Å². The summed E-state index contributed by atoms with van der Waals surface area (Å²) in [6.07, 6.45) is 5.21. The molecule has 1 atom stereocenters. The fourth-order valence-electron chi connectivity index (χ4n) is 1.79. The van der Waals surface area contributed by atoms with Crippen molar-refractivity contribution in [2.75, 3.05) is 6.54 Å². The normalized spacial score (nSPS) is 15.2. The van der Waals surface area contributed by atoms with Gasteiger partial charge < -0.3 is 10.3 Å². The first-order valence-corrected chi connectivity index (χ1v) is 5.54. The Bertz CT molecular complexity index is 298. The molecule has 0 aromatic carbocycles. The van der Waals surface area contributed by atoms with Crippen molar-refractivity contribution in [2.45, 2.75) is 45.3 Å². The third-order valence-electron chi connectivity index (χ3n) is 2.68. The second kappa shape index (κ2) is 5.26. The number of hydrogen-bond donors (Lipinski definition) is 1. The standard InChI is InChI=1S/C11H20FN3/c1-3-5-11(12,9-13)8-10-14-6-7-15(10)4-2/h6-7H,3-5,8-9,13H2,1-2H3. The molecule has 1 unspecified atom stereocenters. The number of aryl methyl sites for hydroxylation is 1. The Labute approximate surface area is 90.5 Å². The number of rotatable bonds is 6. The molecule has 0 saturated carbocycles. The Morgan fingerprint density at radius 3 is 2.80 bits per heavy atom. The maximum atomic E-state index is 14.2. The third-order valence-corrected chi connectivity index (χ3v) is 2.68. The van der Waals surface area contributed by atoms with Crippen LogP contribution in [0, 0.1) is 0 Å². The monoisotopic (exact) mass is 213 g/mol. The molecule has 0 fully saturated rings. The first-order valence-electron chi connectivity index (χ1n) is 5.54. The zero-order chi connectivity index (χ0) is 11.3. The molecule has 0 aliphatic rings. The highest BCUT2D eigenvalue weighted by Crippen LogP contribution is 2.22. The average Bonchev–Trinajstić information content (AvgIpc) is 2.65. The van der Waals surface area contributed by atoms with Crippen LogP contribution in [0.25, 0.3) is 0 Å². The van der Waals surface area contributed by atoms with E-state index < -0.39 is 5.67 Å². The summed E-state index contributed by atoms with van der Waals surface area (Å²) in [6, 6.07) is 0. The predicted molar refractivity (Wildman–Crippen MR) is 59.4 cm³/mol. The van der Waals surface area contributed by atoms with Gasteiger partial charge in [0.15, 0.2) is 0 Å². The summed E-state index contributed by atoms with van der Waals surface area (Å²) in [7, 11) is 0.